The van der Waals surface area contributed by atoms with Gasteiger partial charge in [0.2, 0.25) is 0 Å². The number of nitriles is 1. The van der Waals surface area contributed by atoms with Gasteiger partial charge in [-0.2, -0.15) is 13.2 Å². The molecule has 0 saturated carbocycles. The molecule has 0 radical (unpaired) electrons. The van der Waals surface area contributed by atoms with E-state index in [1.807, 2.05) is 0 Å². The zero-order valence-corrected chi connectivity index (χ0v) is 20.0. The van der Waals surface area contributed by atoms with E-state index in [1.54, 1.807) is 19.1 Å². The van der Waals surface area contributed by atoms with Crippen LogP contribution in [0.4, 0.5) is 22.0 Å². The summed E-state index contributed by atoms with van der Waals surface area (Å²) in [5, 5.41) is 6.50. The van der Waals surface area contributed by atoms with Crippen LogP contribution in [0.1, 0.15) is 24.0 Å². The van der Waals surface area contributed by atoms with Crippen molar-refractivity contribution in [1.82, 2.24) is 9.62 Å². The highest BCUT2D eigenvalue weighted by Crippen LogP contribution is 2.31. The van der Waals surface area contributed by atoms with Crippen LogP contribution in [0.25, 0.3) is 11.1 Å². The third-order valence-electron chi connectivity index (χ3n) is 6.13. The lowest BCUT2D eigenvalue weighted by Gasteiger charge is -2.34. The summed E-state index contributed by atoms with van der Waals surface area (Å²) >= 11 is 0. The van der Waals surface area contributed by atoms with Crippen LogP contribution in [-0.2, 0) is 26.9 Å². The summed E-state index contributed by atoms with van der Waals surface area (Å²) in [5.41, 5.74) is -3.75. The molecule has 2 saturated heterocycles. The number of halogens is 5. The van der Waals surface area contributed by atoms with Crippen molar-refractivity contribution in [1.29, 1.82) is 5.26 Å². The van der Waals surface area contributed by atoms with Gasteiger partial charge < -0.3 is 9.64 Å². The molecule has 1 N–H and O–H groups in total. The number of nitrogens with zero attached hydrogens (tertiary/aromatic N) is 2. The highest BCUT2D eigenvalue weighted by Gasteiger charge is 2.45. The van der Waals surface area contributed by atoms with Crippen molar-refractivity contribution < 1.29 is 35.7 Å². The Bertz CT molecular complexity index is 1130. The van der Waals surface area contributed by atoms with Gasteiger partial charge >= 0.3 is 5.51 Å². The Balaban J connectivity index is 0.00000176. The van der Waals surface area contributed by atoms with E-state index in [4.69, 9.17) is 10.00 Å². The van der Waals surface area contributed by atoms with Crippen LogP contribution in [0.2, 0.25) is 0 Å². The van der Waals surface area contributed by atoms with Crippen LogP contribution in [0.5, 0.6) is 0 Å². The first-order chi connectivity index (χ1) is 17.0. The molecule has 194 valence electrons. The van der Waals surface area contributed by atoms with Gasteiger partial charge in [-0.25, -0.2) is 23.0 Å². The smallest absolute Gasteiger partial charge is 0.368 e. The van der Waals surface area contributed by atoms with Crippen molar-refractivity contribution in [3.63, 3.8) is 0 Å². The average molecular weight is 530 g/mol. The van der Waals surface area contributed by atoms with Crippen LogP contribution in [0, 0.1) is 30.4 Å². The predicted molar refractivity (Wildman–Crippen MR) is 123 cm³/mol. The van der Waals surface area contributed by atoms with Gasteiger partial charge in [0.25, 0.3) is 5.91 Å². The molecule has 2 aliphatic rings. The number of ether oxygens (including phenoxy) is 1. The fourth-order valence-electron chi connectivity index (χ4n) is 4.41. The van der Waals surface area contributed by atoms with Crippen molar-refractivity contribution in [3.8, 4) is 17.7 Å². The number of carbonyl (C=O) groups excluding carboxylic acids is 1. The summed E-state index contributed by atoms with van der Waals surface area (Å²) in [6.45, 7) is 5.72. The van der Waals surface area contributed by atoms with Gasteiger partial charge in [0.15, 0.2) is 11.0 Å². The Morgan fingerprint density at radius 3 is 2.50 bits per heavy atom. The van der Waals surface area contributed by atoms with Crippen molar-refractivity contribution in [3.05, 3.63) is 59.2 Å². The fourth-order valence-corrected chi connectivity index (χ4v) is 5.10. The zero-order chi connectivity index (χ0) is 26.6. The lowest BCUT2D eigenvalue weighted by atomic mass is 9.95. The maximum absolute atomic E-state index is 15.5. The molecule has 0 bridgehead atoms. The minimum absolute atomic E-state index is 0.112. The Morgan fingerprint density at radius 1 is 1.22 bits per heavy atom. The molecule has 4 rings (SSSR count). The van der Waals surface area contributed by atoms with Gasteiger partial charge in [0.05, 0.1) is 12.6 Å². The van der Waals surface area contributed by atoms with Gasteiger partial charge in [-0.15, -0.1) is 0 Å². The maximum atomic E-state index is 15.5. The van der Waals surface area contributed by atoms with Crippen molar-refractivity contribution in [2.24, 2.45) is 0 Å². The molecule has 2 aromatic rings. The third kappa shape index (κ3) is 6.08. The summed E-state index contributed by atoms with van der Waals surface area (Å²) in [4.78, 5) is 14.2. The number of amides is 1. The first-order valence-electron chi connectivity index (χ1n) is 11.0. The molecule has 0 aromatic heterocycles. The van der Waals surface area contributed by atoms with Crippen LogP contribution in [0.3, 0.4) is 0 Å². The molecular weight excluding hydrogens is 505 g/mol. The first-order valence-corrected chi connectivity index (χ1v) is 12.2. The number of rotatable bonds is 6. The molecule has 0 aliphatic carbocycles. The number of carbonyl (C=O) groups is 1. The number of benzene rings is 2. The van der Waals surface area contributed by atoms with E-state index in [9.17, 15) is 26.6 Å². The molecule has 6 nitrogen and oxygen atoms in total. The van der Waals surface area contributed by atoms with E-state index in [1.165, 1.54) is 29.2 Å². The predicted octanol–water partition coefficient (Wildman–Crippen LogP) is 4.15. The van der Waals surface area contributed by atoms with Crippen molar-refractivity contribution in [2.45, 2.75) is 49.9 Å². The summed E-state index contributed by atoms with van der Waals surface area (Å²) in [6.07, 6.45) is -0.174. The molecule has 36 heavy (non-hydrogen) atoms. The second-order valence-electron chi connectivity index (χ2n) is 8.47. The number of alkyl halides is 3. The lowest BCUT2D eigenvalue weighted by Crippen LogP contribution is -2.52. The molecule has 4 unspecified atom stereocenters. The maximum Gasteiger partial charge on any atom is 0.485 e. The topological polar surface area (TPSA) is 82.4 Å². The van der Waals surface area contributed by atoms with Crippen LogP contribution < -0.4 is 4.72 Å². The van der Waals surface area contributed by atoms with Gasteiger partial charge in [0, 0.05) is 31.1 Å². The normalized spacial score (nSPS) is 22.3. The summed E-state index contributed by atoms with van der Waals surface area (Å²) in [7, 11) is -3.33. The van der Waals surface area contributed by atoms with Crippen molar-refractivity contribution >= 4 is 16.9 Å². The van der Waals surface area contributed by atoms with Crippen molar-refractivity contribution in [2.75, 3.05) is 13.2 Å². The lowest BCUT2D eigenvalue weighted by molar-refractivity contribution is -0.157. The highest BCUT2D eigenvalue weighted by atomic mass is 32.2. The Kier molecular flexibility index (Phi) is 8.81. The van der Waals surface area contributed by atoms with Crippen LogP contribution in [-0.4, -0.2) is 51.9 Å². The van der Waals surface area contributed by atoms with Gasteiger partial charge in [0.1, 0.15) is 17.7 Å². The summed E-state index contributed by atoms with van der Waals surface area (Å²) in [6, 6.07) is 6.83. The third-order valence-corrected chi connectivity index (χ3v) is 7.07. The molecular formula is C24H24F5N3O3S. The second kappa shape index (κ2) is 11.5. The molecule has 4 atom stereocenters. The zero-order valence-electron chi connectivity index (χ0n) is 19.2. The Labute approximate surface area is 207 Å². The average Bonchev–Trinajstić information content (AvgIpc) is 3.16. The second-order valence-corrected chi connectivity index (χ2v) is 9.71. The van der Waals surface area contributed by atoms with E-state index >= 15 is 4.39 Å². The molecule has 2 aromatic carbocycles. The minimum Gasteiger partial charge on any atom is -0.368 e. The van der Waals surface area contributed by atoms with E-state index in [2.05, 4.69) is 11.3 Å². The highest BCUT2D eigenvalue weighted by molar-refractivity contribution is 7.83. The molecule has 1 amide bonds. The summed E-state index contributed by atoms with van der Waals surface area (Å²) in [5.74, 6) is -1.55. The number of hydrogen-bond donors (Lipinski definition) is 1. The fraction of sp³-hybridized carbons (Fsp3) is 0.417. The van der Waals surface area contributed by atoms with Gasteiger partial charge in [-0.3, -0.25) is 4.79 Å². The van der Waals surface area contributed by atoms with E-state index in [-0.39, 0.29) is 36.4 Å². The van der Waals surface area contributed by atoms with Gasteiger partial charge in [-0.05, 0) is 48.6 Å². The number of nitrogens with one attached hydrogen (secondary N) is 1. The van der Waals surface area contributed by atoms with E-state index in [0.29, 0.717) is 24.2 Å². The quantitative estimate of drug-likeness (QED) is 0.570. The standard InChI is InChI=1S/C23H23F5N2O3S.CHN/c1-13-9-15(11-16(24)10-13)17-4-2-3-14(21(17)25)12-19-18(29-34(32)23(26,27)28)5-7-30(19)22(31)20-6-8-33-20;1-2/h2-4,9-11,18-20,29H,5-8,12H2,1H3;1H. The van der Waals surface area contributed by atoms with E-state index < -0.39 is 46.3 Å². The Hall–Kier alpha value is -2.88. The molecule has 2 fully saturated rings. The summed E-state index contributed by atoms with van der Waals surface area (Å²) < 4.78 is 87.2. The number of likely N-dealkylation sites (tertiary alicyclic amines) is 1. The van der Waals surface area contributed by atoms with E-state index in [0.717, 1.165) is 0 Å². The monoisotopic (exact) mass is 529 g/mol. The minimum atomic E-state index is -4.97. The largest absolute Gasteiger partial charge is 0.485 e. The molecule has 0 spiro atoms. The SMILES string of the molecule is C#N.Cc1cc(F)cc(-c2cccc(CC3C(NS(=O)C(F)(F)F)CCN3C(=O)C3CCO3)c2F)c1. The van der Waals surface area contributed by atoms with Crippen LogP contribution in [0.15, 0.2) is 36.4 Å². The molecule has 2 heterocycles. The van der Waals surface area contributed by atoms with Gasteiger partial charge in [-0.1, -0.05) is 24.3 Å². The Morgan fingerprint density at radius 2 is 1.92 bits per heavy atom. The number of hydrogen-bond acceptors (Lipinski definition) is 4. The first kappa shape index (κ1) is 27.7. The van der Waals surface area contributed by atoms with Crippen LogP contribution >= 0.6 is 0 Å². The number of aryl methyl sites for hydroxylation is 1. The molecule has 2 aliphatic heterocycles. The molecule has 12 heteroatoms.